The SMILES string of the molecule is CC(/C=C/c1ccccc1)OCCOCCO. The zero-order valence-corrected chi connectivity index (χ0v) is 10.2. The first-order valence-corrected chi connectivity index (χ1v) is 5.86. The molecule has 0 aromatic heterocycles. The maximum absolute atomic E-state index is 8.51. The van der Waals surface area contributed by atoms with Crippen molar-refractivity contribution >= 4 is 6.08 Å². The van der Waals surface area contributed by atoms with Crippen molar-refractivity contribution in [2.24, 2.45) is 0 Å². The van der Waals surface area contributed by atoms with Crippen LogP contribution < -0.4 is 0 Å². The normalized spacial score (nSPS) is 13.1. The largest absolute Gasteiger partial charge is 0.394 e. The molecule has 0 aliphatic carbocycles. The lowest BCUT2D eigenvalue weighted by Gasteiger charge is -2.08. The molecule has 0 aliphatic rings. The van der Waals surface area contributed by atoms with Crippen LogP contribution in [-0.4, -0.2) is 37.6 Å². The Morgan fingerprint density at radius 1 is 1.18 bits per heavy atom. The summed E-state index contributed by atoms with van der Waals surface area (Å²) < 4.78 is 10.6. The predicted molar refractivity (Wildman–Crippen MR) is 68.8 cm³/mol. The van der Waals surface area contributed by atoms with E-state index in [1.165, 1.54) is 5.56 Å². The molecule has 0 fully saturated rings. The number of aliphatic hydroxyl groups excluding tert-OH is 1. The average molecular weight is 236 g/mol. The topological polar surface area (TPSA) is 38.7 Å². The molecule has 3 nitrogen and oxygen atoms in total. The Hall–Kier alpha value is -1.16. The van der Waals surface area contributed by atoms with Crippen LogP contribution >= 0.6 is 0 Å². The number of ether oxygens (including phenoxy) is 2. The summed E-state index contributed by atoms with van der Waals surface area (Å²) >= 11 is 0. The van der Waals surface area contributed by atoms with Crippen molar-refractivity contribution in [2.75, 3.05) is 26.4 Å². The van der Waals surface area contributed by atoms with E-state index in [9.17, 15) is 0 Å². The van der Waals surface area contributed by atoms with E-state index in [1.54, 1.807) is 0 Å². The molecular weight excluding hydrogens is 216 g/mol. The van der Waals surface area contributed by atoms with Crippen LogP contribution in [0.25, 0.3) is 6.08 Å². The second-order valence-electron chi connectivity index (χ2n) is 3.68. The molecule has 1 aromatic carbocycles. The third-order valence-corrected chi connectivity index (χ3v) is 2.20. The van der Waals surface area contributed by atoms with Crippen LogP contribution in [0.1, 0.15) is 12.5 Å². The maximum atomic E-state index is 8.51. The van der Waals surface area contributed by atoms with Crippen molar-refractivity contribution in [3.8, 4) is 0 Å². The minimum atomic E-state index is 0.0590. The highest BCUT2D eigenvalue weighted by Crippen LogP contribution is 2.03. The van der Waals surface area contributed by atoms with Gasteiger partial charge in [0.25, 0.3) is 0 Å². The van der Waals surface area contributed by atoms with Gasteiger partial charge in [-0.25, -0.2) is 0 Å². The summed E-state index contributed by atoms with van der Waals surface area (Å²) in [6, 6.07) is 10.1. The van der Waals surface area contributed by atoms with Gasteiger partial charge in [0.2, 0.25) is 0 Å². The first-order valence-electron chi connectivity index (χ1n) is 5.86. The van der Waals surface area contributed by atoms with Crippen molar-refractivity contribution in [1.29, 1.82) is 0 Å². The molecule has 3 heteroatoms. The summed E-state index contributed by atoms with van der Waals surface area (Å²) in [6.45, 7) is 3.48. The van der Waals surface area contributed by atoms with Gasteiger partial charge in [-0.1, -0.05) is 42.5 Å². The molecule has 94 valence electrons. The molecule has 1 N–H and O–H groups in total. The molecule has 0 aliphatic heterocycles. The molecule has 1 aromatic rings. The standard InChI is InChI=1S/C14H20O3/c1-13(17-12-11-16-10-9-15)7-8-14-5-3-2-4-6-14/h2-8,13,15H,9-12H2,1H3/b8-7+. The lowest BCUT2D eigenvalue weighted by atomic mass is 10.2. The second-order valence-corrected chi connectivity index (χ2v) is 3.68. The fourth-order valence-electron chi connectivity index (χ4n) is 1.33. The molecular formula is C14H20O3. The van der Waals surface area contributed by atoms with Gasteiger partial charge in [0.1, 0.15) is 0 Å². The number of rotatable bonds is 8. The lowest BCUT2D eigenvalue weighted by molar-refractivity contribution is 0.0188. The van der Waals surface area contributed by atoms with E-state index >= 15 is 0 Å². The molecule has 1 unspecified atom stereocenters. The van der Waals surface area contributed by atoms with Crippen LogP contribution in [0, 0.1) is 0 Å². The Bertz CT molecular complexity index is 309. The maximum Gasteiger partial charge on any atom is 0.0732 e. The molecule has 0 saturated heterocycles. The predicted octanol–water partition coefficient (Wildman–Crippen LogP) is 2.11. The molecule has 0 heterocycles. The van der Waals surface area contributed by atoms with Crippen LogP contribution in [0.3, 0.4) is 0 Å². The van der Waals surface area contributed by atoms with E-state index in [4.69, 9.17) is 14.6 Å². The van der Waals surface area contributed by atoms with E-state index in [-0.39, 0.29) is 12.7 Å². The molecule has 1 atom stereocenters. The van der Waals surface area contributed by atoms with Crippen molar-refractivity contribution < 1.29 is 14.6 Å². The van der Waals surface area contributed by atoms with Crippen LogP contribution in [0.4, 0.5) is 0 Å². The highest BCUT2D eigenvalue weighted by atomic mass is 16.5. The van der Waals surface area contributed by atoms with E-state index in [0.717, 1.165) is 0 Å². The highest BCUT2D eigenvalue weighted by molar-refractivity contribution is 5.49. The van der Waals surface area contributed by atoms with Gasteiger partial charge >= 0.3 is 0 Å². The van der Waals surface area contributed by atoms with E-state index < -0.39 is 0 Å². The smallest absolute Gasteiger partial charge is 0.0732 e. The number of benzene rings is 1. The van der Waals surface area contributed by atoms with E-state index in [2.05, 4.69) is 0 Å². The number of hydrogen-bond donors (Lipinski definition) is 1. The van der Waals surface area contributed by atoms with Crippen molar-refractivity contribution in [2.45, 2.75) is 13.0 Å². The monoisotopic (exact) mass is 236 g/mol. The molecule has 1 rings (SSSR count). The van der Waals surface area contributed by atoms with Gasteiger partial charge in [-0.15, -0.1) is 0 Å². The zero-order chi connectivity index (χ0) is 12.3. The minimum Gasteiger partial charge on any atom is -0.394 e. The first-order chi connectivity index (χ1) is 8.33. The number of aliphatic hydroxyl groups is 1. The molecule has 0 bridgehead atoms. The third kappa shape index (κ3) is 6.89. The van der Waals surface area contributed by atoms with Gasteiger partial charge < -0.3 is 14.6 Å². The Balaban J connectivity index is 2.16. The summed E-state index contributed by atoms with van der Waals surface area (Å²) in [4.78, 5) is 0. The van der Waals surface area contributed by atoms with Gasteiger partial charge in [-0.3, -0.25) is 0 Å². The molecule has 0 amide bonds. The van der Waals surface area contributed by atoms with Gasteiger partial charge in [-0.2, -0.15) is 0 Å². The summed E-state index contributed by atoms with van der Waals surface area (Å²) in [7, 11) is 0. The summed E-state index contributed by atoms with van der Waals surface area (Å²) in [5, 5.41) is 8.51. The summed E-state index contributed by atoms with van der Waals surface area (Å²) in [6.07, 6.45) is 4.12. The van der Waals surface area contributed by atoms with Crippen LogP contribution in [-0.2, 0) is 9.47 Å². The quantitative estimate of drug-likeness (QED) is 0.703. The fraction of sp³-hybridized carbons (Fsp3) is 0.429. The molecule has 0 radical (unpaired) electrons. The fourth-order valence-corrected chi connectivity index (χ4v) is 1.33. The van der Waals surface area contributed by atoms with Crippen LogP contribution in [0.2, 0.25) is 0 Å². The van der Waals surface area contributed by atoms with Crippen molar-refractivity contribution in [3.05, 3.63) is 42.0 Å². The van der Waals surface area contributed by atoms with Crippen LogP contribution in [0.15, 0.2) is 36.4 Å². The zero-order valence-electron chi connectivity index (χ0n) is 10.2. The number of hydrogen-bond acceptors (Lipinski definition) is 3. The van der Waals surface area contributed by atoms with E-state index in [0.29, 0.717) is 19.8 Å². The Morgan fingerprint density at radius 2 is 1.94 bits per heavy atom. The molecule has 17 heavy (non-hydrogen) atoms. The second kappa shape index (κ2) is 8.93. The van der Waals surface area contributed by atoms with Gasteiger partial charge in [0.15, 0.2) is 0 Å². The summed E-state index contributed by atoms with van der Waals surface area (Å²) in [5.74, 6) is 0. The molecule has 0 saturated carbocycles. The highest BCUT2D eigenvalue weighted by Gasteiger charge is 1.96. The Labute approximate surface area is 103 Å². The Kier molecular flexibility index (Phi) is 7.30. The van der Waals surface area contributed by atoms with Gasteiger partial charge in [0.05, 0.1) is 32.5 Å². The molecule has 0 spiro atoms. The van der Waals surface area contributed by atoms with Gasteiger partial charge in [-0.05, 0) is 12.5 Å². The minimum absolute atomic E-state index is 0.0590. The van der Waals surface area contributed by atoms with E-state index in [1.807, 2.05) is 49.4 Å². The first kappa shape index (κ1) is 13.9. The lowest BCUT2D eigenvalue weighted by Crippen LogP contribution is -2.12. The summed E-state index contributed by atoms with van der Waals surface area (Å²) in [5.41, 5.74) is 1.17. The average Bonchev–Trinajstić information content (AvgIpc) is 2.37. The Morgan fingerprint density at radius 3 is 2.65 bits per heavy atom. The van der Waals surface area contributed by atoms with Crippen molar-refractivity contribution in [3.63, 3.8) is 0 Å². The van der Waals surface area contributed by atoms with Gasteiger partial charge in [0, 0.05) is 0 Å². The van der Waals surface area contributed by atoms with Crippen LogP contribution in [0.5, 0.6) is 0 Å². The third-order valence-electron chi connectivity index (χ3n) is 2.20. The van der Waals surface area contributed by atoms with Crippen molar-refractivity contribution in [1.82, 2.24) is 0 Å².